The van der Waals surface area contributed by atoms with Gasteiger partial charge in [-0.05, 0) is 32.4 Å². The van der Waals surface area contributed by atoms with Gasteiger partial charge in [0, 0.05) is 18.6 Å². The second-order valence-electron chi connectivity index (χ2n) is 4.11. The summed E-state index contributed by atoms with van der Waals surface area (Å²) >= 11 is 0. The lowest BCUT2D eigenvalue weighted by Crippen LogP contribution is -2.06. The molecule has 2 rings (SSSR count). The van der Waals surface area contributed by atoms with E-state index in [4.69, 9.17) is 4.74 Å². The number of rotatable bonds is 2. The van der Waals surface area contributed by atoms with Gasteiger partial charge in [-0.1, -0.05) is 6.07 Å². The van der Waals surface area contributed by atoms with E-state index in [2.05, 4.69) is 18.1 Å². The zero-order valence-corrected chi connectivity index (χ0v) is 9.61. The summed E-state index contributed by atoms with van der Waals surface area (Å²) in [6.45, 7) is 6.13. The Bertz CT molecular complexity index is 486. The van der Waals surface area contributed by atoms with E-state index in [0.29, 0.717) is 0 Å². The van der Waals surface area contributed by atoms with Crippen LogP contribution in [0.3, 0.4) is 0 Å². The van der Waals surface area contributed by atoms with Crippen molar-refractivity contribution < 1.29 is 4.74 Å². The third-order valence-electron chi connectivity index (χ3n) is 2.33. The summed E-state index contributed by atoms with van der Waals surface area (Å²) in [6, 6.07) is 4.06. The van der Waals surface area contributed by atoms with Crippen LogP contribution in [0.2, 0.25) is 0 Å². The molecule has 1 aromatic heterocycles. The molecule has 15 heavy (non-hydrogen) atoms. The zero-order valence-electron chi connectivity index (χ0n) is 9.61. The minimum Gasteiger partial charge on any atom is -0.489 e. The van der Waals surface area contributed by atoms with Gasteiger partial charge in [0.15, 0.2) is 0 Å². The maximum absolute atomic E-state index is 5.72. The highest BCUT2D eigenvalue weighted by molar-refractivity contribution is 5.87. The number of hydrogen-bond acceptors (Lipinski definition) is 2. The molecule has 0 aliphatic heterocycles. The molecule has 0 aliphatic carbocycles. The van der Waals surface area contributed by atoms with E-state index in [0.717, 1.165) is 16.7 Å². The molecule has 0 saturated carbocycles. The monoisotopic (exact) mass is 204 g/mol. The van der Waals surface area contributed by atoms with E-state index < -0.39 is 0 Å². The first-order chi connectivity index (χ1) is 7.08. The van der Waals surface area contributed by atoms with Gasteiger partial charge in [-0.3, -0.25) is 4.68 Å². The van der Waals surface area contributed by atoms with E-state index in [1.165, 1.54) is 5.56 Å². The first-order valence-electron chi connectivity index (χ1n) is 5.17. The third-order valence-corrected chi connectivity index (χ3v) is 2.33. The van der Waals surface area contributed by atoms with E-state index in [-0.39, 0.29) is 6.10 Å². The predicted molar refractivity (Wildman–Crippen MR) is 61.2 cm³/mol. The van der Waals surface area contributed by atoms with Gasteiger partial charge >= 0.3 is 0 Å². The Balaban J connectivity index is 2.60. The fourth-order valence-corrected chi connectivity index (χ4v) is 1.68. The first-order valence-corrected chi connectivity index (χ1v) is 5.17. The van der Waals surface area contributed by atoms with E-state index in [9.17, 15) is 0 Å². The summed E-state index contributed by atoms with van der Waals surface area (Å²) < 4.78 is 7.54. The van der Waals surface area contributed by atoms with Gasteiger partial charge in [0.25, 0.3) is 0 Å². The summed E-state index contributed by atoms with van der Waals surface area (Å²) in [4.78, 5) is 0. The van der Waals surface area contributed by atoms with Crippen molar-refractivity contribution in [1.82, 2.24) is 9.78 Å². The molecule has 0 saturated heterocycles. The Kier molecular flexibility index (Phi) is 2.39. The molecule has 80 valence electrons. The van der Waals surface area contributed by atoms with Crippen molar-refractivity contribution in [2.45, 2.75) is 26.9 Å². The molecule has 3 heteroatoms. The molecule has 1 aromatic carbocycles. The second-order valence-corrected chi connectivity index (χ2v) is 4.11. The highest BCUT2D eigenvalue weighted by Gasteiger charge is 2.09. The third kappa shape index (κ3) is 1.82. The number of hydrogen-bond donors (Lipinski definition) is 0. The molecular weight excluding hydrogens is 188 g/mol. The van der Waals surface area contributed by atoms with Crippen LogP contribution in [0.5, 0.6) is 5.75 Å². The van der Waals surface area contributed by atoms with Crippen LogP contribution in [0, 0.1) is 6.92 Å². The van der Waals surface area contributed by atoms with E-state index in [1.807, 2.05) is 37.8 Å². The molecule has 0 radical (unpaired) electrons. The van der Waals surface area contributed by atoms with Crippen molar-refractivity contribution in [3.8, 4) is 5.75 Å². The summed E-state index contributed by atoms with van der Waals surface area (Å²) in [6.07, 6.45) is 2.20. The molecular formula is C12H16N2O. The Morgan fingerprint density at radius 1 is 1.33 bits per heavy atom. The maximum atomic E-state index is 5.72. The SMILES string of the molecule is Cc1ccc(OC(C)C)c2nn(C)cc12. The van der Waals surface area contributed by atoms with Crippen LogP contribution in [0.1, 0.15) is 19.4 Å². The van der Waals surface area contributed by atoms with Crippen molar-refractivity contribution in [1.29, 1.82) is 0 Å². The summed E-state index contributed by atoms with van der Waals surface area (Å²) in [5.41, 5.74) is 2.18. The number of fused-ring (bicyclic) bond motifs is 1. The summed E-state index contributed by atoms with van der Waals surface area (Å²) in [5.74, 6) is 0.867. The van der Waals surface area contributed by atoms with Gasteiger partial charge in [-0.15, -0.1) is 0 Å². The van der Waals surface area contributed by atoms with Crippen LogP contribution in [-0.2, 0) is 7.05 Å². The second kappa shape index (κ2) is 3.57. The van der Waals surface area contributed by atoms with Gasteiger partial charge < -0.3 is 4.74 Å². The van der Waals surface area contributed by atoms with Crippen molar-refractivity contribution in [3.05, 3.63) is 23.9 Å². The standard InChI is InChI=1S/C12H16N2O/c1-8(2)15-11-6-5-9(3)10-7-14(4)13-12(10)11/h5-8H,1-4H3. The predicted octanol–water partition coefficient (Wildman–Crippen LogP) is 2.67. The number of benzene rings is 1. The molecule has 0 fully saturated rings. The Morgan fingerprint density at radius 2 is 2.07 bits per heavy atom. The molecule has 0 aliphatic rings. The molecule has 0 amide bonds. The molecule has 2 aromatic rings. The maximum Gasteiger partial charge on any atom is 0.147 e. The summed E-state index contributed by atoms with van der Waals surface area (Å²) in [7, 11) is 1.93. The van der Waals surface area contributed by atoms with Gasteiger partial charge in [-0.25, -0.2) is 0 Å². The lowest BCUT2D eigenvalue weighted by Gasteiger charge is -2.10. The smallest absolute Gasteiger partial charge is 0.147 e. The first kappa shape index (κ1) is 10.0. The molecule has 1 heterocycles. The Labute approximate surface area is 89.7 Å². The van der Waals surface area contributed by atoms with Crippen LogP contribution in [0.15, 0.2) is 18.3 Å². The molecule has 0 bridgehead atoms. The van der Waals surface area contributed by atoms with Crippen LogP contribution in [0.25, 0.3) is 10.9 Å². The minimum absolute atomic E-state index is 0.179. The topological polar surface area (TPSA) is 27.1 Å². The normalized spacial score (nSPS) is 11.3. The average molecular weight is 204 g/mol. The lowest BCUT2D eigenvalue weighted by atomic mass is 10.1. The summed E-state index contributed by atoms with van der Waals surface area (Å²) in [5, 5.41) is 5.58. The molecule has 0 unspecified atom stereocenters. The zero-order chi connectivity index (χ0) is 11.0. The highest BCUT2D eigenvalue weighted by Crippen LogP contribution is 2.27. The van der Waals surface area contributed by atoms with Gasteiger partial charge in [-0.2, -0.15) is 5.10 Å². The average Bonchev–Trinajstić information content (AvgIpc) is 2.52. The molecule has 3 nitrogen and oxygen atoms in total. The minimum atomic E-state index is 0.179. The highest BCUT2D eigenvalue weighted by atomic mass is 16.5. The van der Waals surface area contributed by atoms with Crippen LogP contribution < -0.4 is 4.74 Å². The van der Waals surface area contributed by atoms with Crippen molar-refractivity contribution in [2.75, 3.05) is 0 Å². The van der Waals surface area contributed by atoms with Gasteiger partial charge in [0.2, 0.25) is 0 Å². The van der Waals surface area contributed by atoms with Gasteiger partial charge in [0.05, 0.1) is 6.10 Å². The largest absolute Gasteiger partial charge is 0.489 e. The fourth-order valence-electron chi connectivity index (χ4n) is 1.68. The van der Waals surface area contributed by atoms with Gasteiger partial charge in [0.1, 0.15) is 11.3 Å². The number of nitrogens with zero attached hydrogens (tertiary/aromatic N) is 2. The van der Waals surface area contributed by atoms with Crippen LogP contribution in [0.4, 0.5) is 0 Å². The molecule has 0 spiro atoms. The Hall–Kier alpha value is -1.51. The lowest BCUT2D eigenvalue weighted by molar-refractivity contribution is 0.245. The van der Waals surface area contributed by atoms with Crippen molar-refractivity contribution >= 4 is 10.9 Å². The van der Waals surface area contributed by atoms with Crippen LogP contribution in [-0.4, -0.2) is 15.9 Å². The van der Waals surface area contributed by atoms with E-state index in [1.54, 1.807) is 0 Å². The van der Waals surface area contributed by atoms with E-state index >= 15 is 0 Å². The van der Waals surface area contributed by atoms with Crippen molar-refractivity contribution in [2.24, 2.45) is 7.05 Å². The molecule has 0 N–H and O–H groups in total. The quantitative estimate of drug-likeness (QED) is 0.752. The number of aryl methyl sites for hydroxylation is 2. The fraction of sp³-hybridized carbons (Fsp3) is 0.417. The Morgan fingerprint density at radius 3 is 2.73 bits per heavy atom. The number of ether oxygens (including phenoxy) is 1. The van der Waals surface area contributed by atoms with Crippen molar-refractivity contribution in [3.63, 3.8) is 0 Å². The number of aromatic nitrogens is 2. The molecule has 0 atom stereocenters. The van der Waals surface area contributed by atoms with Crippen LogP contribution >= 0.6 is 0 Å².